The predicted molar refractivity (Wildman–Crippen MR) is 103 cm³/mol. The molecule has 6 heteroatoms. The molecule has 1 saturated heterocycles. The summed E-state index contributed by atoms with van der Waals surface area (Å²) in [5.74, 6) is -1.69. The number of carbonyl (C=O) groups excluding carboxylic acids is 2. The van der Waals surface area contributed by atoms with Crippen LogP contribution in [0, 0.1) is 11.8 Å². The van der Waals surface area contributed by atoms with Crippen molar-refractivity contribution in [1.29, 1.82) is 0 Å². The third-order valence-electron chi connectivity index (χ3n) is 5.45. The van der Waals surface area contributed by atoms with Gasteiger partial charge < -0.3 is 15.7 Å². The minimum atomic E-state index is -0.959. The Balaban J connectivity index is 2.05. The van der Waals surface area contributed by atoms with Crippen molar-refractivity contribution in [3.63, 3.8) is 0 Å². The van der Waals surface area contributed by atoms with Crippen molar-refractivity contribution in [3.8, 4) is 0 Å². The van der Waals surface area contributed by atoms with Crippen LogP contribution in [0.2, 0.25) is 0 Å². The molecule has 6 nitrogen and oxygen atoms in total. The van der Waals surface area contributed by atoms with Crippen LogP contribution >= 0.6 is 0 Å². The molecule has 0 unspecified atom stereocenters. The largest absolute Gasteiger partial charge is 0.480 e. The van der Waals surface area contributed by atoms with Crippen LogP contribution in [-0.4, -0.2) is 46.8 Å². The van der Waals surface area contributed by atoms with E-state index in [-0.39, 0.29) is 17.6 Å². The quantitative estimate of drug-likeness (QED) is 0.654. The number of hydrogen-bond donors (Lipinski definition) is 2. The first-order chi connectivity index (χ1) is 12.9. The summed E-state index contributed by atoms with van der Waals surface area (Å²) in [6.45, 7) is 2.37. The van der Waals surface area contributed by atoms with Crippen molar-refractivity contribution >= 4 is 17.7 Å². The lowest BCUT2D eigenvalue weighted by atomic mass is 9.85. The maximum atomic E-state index is 13.0. The molecule has 1 aromatic carbocycles. The van der Waals surface area contributed by atoms with Crippen molar-refractivity contribution in [2.24, 2.45) is 17.6 Å². The molecule has 0 bridgehead atoms. The van der Waals surface area contributed by atoms with Crippen LogP contribution < -0.4 is 5.73 Å². The number of carbonyl (C=O) groups is 3. The van der Waals surface area contributed by atoms with Crippen LogP contribution in [0.3, 0.4) is 0 Å². The number of hydrogen-bond acceptors (Lipinski definition) is 4. The molecular formula is C21H30N2O4. The van der Waals surface area contributed by atoms with Crippen molar-refractivity contribution in [1.82, 2.24) is 4.90 Å². The fourth-order valence-corrected chi connectivity index (χ4v) is 3.88. The number of benzene rings is 1. The Kier molecular flexibility index (Phi) is 7.98. The normalized spacial score (nSPS) is 18.9. The van der Waals surface area contributed by atoms with Gasteiger partial charge in [-0.3, -0.25) is 9.59 Å². The highest BCUT2D eigenvalue weighted by Crippen LogP contribution is 2.27. The van der Waals surface area contributed by atoms with Gasteiger partial charge in [-0.25, -0.2) is 4.79 Å². The maximum Gasteiger partial charge on any atom is 0.326 e. The van der Waals surface area contributed by atoms with Crippen LogP contribution in [0.1, 0.15) is 44.6 Å². The van der Waals surface area contributed by atoms with E-state index >= 15 is 0 Å². The Hall–Kier alpha value is -2.21. The number of nitrogens with zero attached hydrogens (tertiary/aromatic N) is 1. The van der Waals surface area contributed by atoms with Gasteiger partial charge in [0, 0.05) is 18.4 Å². The lowest BCUT2D eigenvalue weighted by Gasteiger charge is -2.28. The van der Waals surface area contributed by atoms with E-state index in [0.29, 0.717) is 45.2 Å². The van der Waals surface area contributed by atoms with Gasteiger partial charge in [-0.2, -0.15) is 0 Å². The number of carboxylic acid groups (broad SMARTS) is 1. The molecule has 27 heavy (non-hydrogen) atoms. The predicted octanol–water partition coefficient (Wildman–Crippen LogP) is 2.26. The molecule has 0 aliphatic carbocycles. The van der Waals surface area contributed by atoms with E-state index in [1.54, 1.807) is 6.92 Å². The van der Waals surface area contributed by atoms with Crippen LogP contribution in [0.25, 0.3) is 0 Å². The van der Waals surface area contributed by atoms with Gasteiger partial charge in [-0.05, 0) is 57.6 Å². The number of Topliss-reactive ketones (excluding diaryl/α,β-unsaturated/α-hetero) is 1. The van der Waals surface area contributed by atoms with Gasteiger partial charge in [0.25, 0.3) is 0 Å². The molecule has 1 fully saturated rings. The van der Waals surface area contributed by atoms with E-state index in [4.69, 9.17) is 5.73 Å². The molecule has 1 amide bonds. The number of carboxylic acids is 1. The summed E-state index contributed by atoms with van der Waals surface area (Å²) in [6, 6.07) is 9.20. The molecule has 1 aliphatic heterocycles. The second kappa shape index (κ2) is 10.2. The van der Waals surface area contributed by atoms with E-state index < -0.39 is 17.9 Å². The third-order valence-corrected chi connectivity index (χ3v) is 5.45. The molecule has 0 saturated carbocycles. The average Bonchev–Trinajstić information content (AvgIpc) is 3.14. The lowest BCUT2D eigenvalue weighted by molar-refractivity contribution is -0.150. The summed E-state index contributed by atoms with van der Waals surface area (Å²) in [4.78, 5) is 38.0. The molecule has 1 heterocycles. The van der Waals surface area contributed by atoms with Crippen molar-refractivity contribution in [2.45, 2.75) is 51.5 Å². The van der Waals surface area contributed by atoms with Gasteiger partial charge in [0.15, 0.2) is 0 Å². The van der Waals surface area contributed by atoms with Gasteiger partial charge in [0.05, 0.1) is 0 Å². The first-order valence-corrected chi connectivity index (χ1v) is 9.71. The average molecular weight is 374 g/mol. The fraction of sp³-hybridized carbons (Fsp3) is 0.571. The summed E-state index contributed by atoms with van der Waals surface area (Å²) >= 11 is 0. The minimum absolute atomic E-state index is 0.0666. The zero-order valence-electron chi connectivity index (χ0n) is 16.0. The molecule has 0 aromatic heterocycles. The standard InChI is InChI=1S/C21H30N2O4/c1-15(24)17(10-9-16-6-3-2-4-7-16)14-18(11-12-22)20(25)23-13-5-8-19(23)21(26)27/h2-4,6-7,17-19H,5,8-14,22H2,1H3,(H,26,27)/t17-,18-,19+/m1/s1. The summed E-state index contributed by atoms with van der Waals surface area (Å²) in [5, 5.41) is 9.35. The Labute approximate surface area is 160 Å². The highest BCUT2D eigenvalue weighted by atomic mass is 16.4. The third kappa shape index (κ3) is 5.89. The maximum absolute atomic E-state index is 13.0. The number of aliphatic carboxylic acids is 1. The molecule has 148 valence electrons. The monoisotopic (exact) mass is 374 g/mol. The molecule has 1 aromatic rings. The first-order valence-electron chi connectivity index (χ1n) is 9.71. The van der Waals surface area contributed by atoms with E-state index in [0.717, 1.165) is 12.0 Å². The van der Waals surface area contributed by atoms with Gasteiger partial charge in [-0.15, -0.1) is 0 Å². The topological polar surface area (TPSA) is 101 Å². The first kappa shape index (κ1) is 21.1. The summed E-state index contributed by atoms with van der Waals surface area (Å²) < 4.78 is 0. The molecule has 3 atom stereocenters. The number of likely N-dealkylation sites (tertiary alicyclic amines) is 1. The zero-order chi connectivity index (χ0) is 19.8. The molecule has 2 rings (SSSR count). The summed E-state index contributed by atoms with van der Waals surface area (Å²) in [5.41, 5.74) is 6.87. The molecule has 0 spiro atoms. The van der Waals surface area contributed by atoms with Crippen LogP contribution in [0.15, 0.2) is 30.3 Å². The Morgan fingerprint density at radius 1 is 1.19 bits per heavy atom. The molecule has 1 aliphatic rings. The van der Waals surface area contributed by atoms with E-state index in [1.807, 2.05) is 30.3 Å². The van der Waals surface area contributed by atoms with Crippen molar-refractivity contribution in [3.05, 3.63) is 35.9 Å². The van der Waals surface area contributed by atoms with Gasteiger partial charge in [-0.1, -0.05) is 30.3 Å². The van der Waals surface area contributed by atoms with Crippen LogP contribution in [0.5, 0.6) is 0 Å². The number of amides is 1. The Morgan fingerprint density at radius 3 is 2.48 bits per heavy atom. The number of ketones is 1. The summed E-state index contributed by atoms with van der Waals surface area (Å²) in [6.07, 6.45) is 3.53. The molecular weight excluding hydrogens is 344 g/mol. The summed E-state index contributed by atoms with van der Waals surface area (Å²) in [7, 11) is 0. The van der Waals surface area contributed by atoms with Crippen LogP contribution in [-0.2, 0) is 20.8 Å². The number of aryl methyl sites for hydroxylation is 1. The van der Waals surface area contributed by atoms with E-state index in [2.05, 4.69) is 0 Å². The second-order valence-electron chi connectivity index (χ2n) is 7.37. The zero-order valence-corrected chi connectivity index (χ0v) is 16.0. The smallest absolute Gasteiger partial charge is 0.326 e. The number of rotatable bonds is 10. The van der Waals surface area contributed by atoms with E-state index in [1.165, 1.54) is 4.90 Å². The SMILES string of the molecule is CC(=O)[C@H](CCc1ccccc1)C[C@@H](CCN)C(=O)N1CCC[C@H]1C(=O)O. The van der Waals surface area contributed by atoms with Crippen molar-refractivity contribution in [2.75, 3.05) is 13.1 Å². The van der Waals surface area contributed by atoms with Gasteiger partial charge in [0.2, 0.25) is 5.91 Å². The van der Waals surface area contributed by atoms with E-state index in [9.17, 15) is 19.5 Å². The fourth-order valence-electron chi connectivity index (χ4n) is 3.88. The van der Waals surface area contributed by atoms with Gasteiger partial charge in [0.1, 0.15) is 11.8 Å². The van der Waals surface area contributed by atoms with Crippen LogP contribution in [0.4, 0.5) is 0 Å². The Morgan fingerprint density at radius 2 is 1.89 bits per heavy atom. The van der Waals surface area contributed by atoms with Gasteiger partial charge >= 0.3 is 5.97 Å². The second-order valence-corrected chi connectivity index (χ2v) is 7.37. The molecule has 3 N–H and O–H groups in total. The lowest BCUT2D eigenvalue weighted by Crippen LogP contribution is -2.44. The Bertz CT molecular complexity index is 647. The number of nitrogens with two attached hydrogens (primary N) is 1. The highest BCUT2D eigenvalue weighted by Gasteiger charge is 2.37. The molecule has 0 radical (unpaired) electrons. The minimum Gasteiger partial charge on any atom is -0.480 e. The van der Waals surface area contributed by atoms with Crippen molar-refractivity contribution < 1.29 is 19.5 Å². The highest BCUT2D eigenvalue weighted by molar-refractivity contribution is 5.86.